The zero-order chi connectivity index (χ0) is 14.5. The molecule has 0 atom stereocenters. The van der Waals surface area contributed by atoms with Gasteiger partial charge in [-0.25, -0.2) is 0 Å². The Morgan fingerprint density at radius 3 is 2.27 bits per heavy atom. The van der Waals surface area contributed by atoms with Crippen molar-refractivity contribution in [2.75, 3.05) is 0 Å². The molecule has 4 aromatic carbocycles. The molecule has 102 valence electrons. The topological polar surface area (TPSA) is 12.4 Å². The van der Waals surface area contributed by atoms with Crippen LogP contribution in [0.1, 0.15) is 0 Å². The van der Waals surface area contributed by atoms with Gasteiger partial charge in [-0.1, -0.05) is 0 Å². The summed E-state index contributed by atoms with van der Waals surface area (Å²) in [6, 6.07) is 26.1. The van der Waals surface area contributed by atoms with Crippen LogP contribution in [0, 0.1) is 3.95 Å². The number of fused-ring (bicyclic) bond motifs is 5. The monoisotopic (exact) mass is 341 g/mol. The number of benzene rings is 4. The van der Waals surface area contributed by atoms with Crippen LogP contribution in [-0.2, 0) is 0 Å². The Morgan fingerprint density at radius 2 is 1.41 bits per heavy atom. The van der Waals surface area contributed by atoms with Crippen molar-refractivity contribution in [3.05, 3.63) is 82.1 Å². The summed E-state index contributed by atoms with van der Waals surface area (Å²) in [7, 11) is 0. The Labute approximate surface area is 134 Å². The van der Waals surface area contributed by atoms with Gasteiger partial charge in [0, 0.05) is 0 Å². The molecule has 5 rings (SSSR count). The van der Waals surface area contributed by atoms with E-state index in [1.54, 1.807) is 0 Å². The molecule has 0 bridgehead atoms. The van der Waals surface area contributed by atoms with Gasteiger partial charge in [0.2, 0.25) is 0 Å². The van der Waals surface area contributed by atoms with Crippen LogP contribution in [0.4, 0.5) is 5.69 Å². The molecule has 0 saturated carbocycles. The Bertz CT molecular complexity index is 1180. The summed E-state index contributed by atoms with van der Waals surface area (Å²) in [5.74, 6) is 0. The molecular formula is C20H12AsN. The van der Waals surface area contributed by atoms with Crippen LogP contribution < -0.4 is 9.71 Å². The molecule has 0 fully saturated rings. The van der Waals surface area contributed by atoms with Crippen molar-refractivity contribution in [3.8, 4) is 0 Å². The van der Waals surface area contributed by atoms with E-state index in [1.807, 2.05) is 0 Å². The predicted octanol–water partition coefficient (Wildman–Crippen LogP) is 3.54. The van der Waals surface area contributed by atoms with Gasteiger partial charge in [-0.2, -0.15) is 0 Å². The average molecular weight is 341 g/mol. The quantitative estimate of drug-likeness (QED) is 0.382. The molecule has 0 saturated heterocycles. The van der Waals surface area contributed by atoms with E-state index in [9.17, 15) is 0 Å². The van der Waals surface area contributed by atoms with Crippen LogP contribution in [0.25, 0.3) is 21.5 Å². The second-order valence-electron chi connectivity index (χ2n) is 5.57. The molecule has 0 aromatic heterocycles. The minimum atomic E-state index is -0.0250. The summed E-state index contributed by atoms with van der Waals surface area (Å²) in [5, 5.41) is 6.42. The number of rotatable bonds is 0. The van der Waals surface area contributed by atoms with Crippen LogP contribution in [0.3, 0.4) is 0 Å². The molecule has 0 aliphatic carbocycles. The molecule has 1 nitrogen and oxygen atoms in total. The van der Waals surface area contributed by atoms with E-state index < -0.39 is 0 Å². The minimum absolute atomic E-state index is 0.0250. The van der Waals surface area contributed by atoms with E-state index in [0.717, 1.165) is 11.0 Å². The molecule has 0 spiro atoms. The van der Waals surface area contributed by atoms with Gasteiger partial charge in [-0.3, -0.25) is 0 Å². The van der Waals surface area contributed by atoms with Gasteiger partial charge < -0.3 is 0 Å². The zero-order valence-electron chi connectivity index (χ0n) is 11.8. The van der Waals surface area contributed by atoms with Crippen molar-refractivity contribution in [1.82, 2.24) is 0 Å². The summed E-state index contributed by atoms with van der Waals surface area (Å²) < 4.78 is 2.86. The molecule has 0 radical (unpaired) electrons. The fourth-order valence-electron chi connectivity index (χ4n) is 3.10. The third kappa shape index (κ3) is 1.79. The molecule has 0 N–H and O–H groups in total. The van der Waals surface area contributed by atoms with Gasteiger partial charge in [0.15, 0.2) is 0 Å². The Morgan fingerprint density at radius 1 is 0.682 bits per heavy atom. The number of nitrogens with zero attached hydrogens (tertiary/aromatic N) is 1. The molecule has 1 heterocycles. The van der Waals surface area contributed by atoms with E-state index in [4.69, 9.17) is 4.99 Å². The summed E-state index contributed by atoms with van der Waals surface area (Å²) in [4.78, 5) is 4.93. The van der Waals surface area contributed by atoms with Crippen LogP contribution in [-0.4, -0.2) is 15.3 Å². The van der Waals surface area contributed by atoms with Crippen LogP contribution >= 0.6 is 0 Å². The van der Waals surface area contributed by atoms with Gasteiger partial charge in [-0.15, -0.1) is 0 Å². The molecule has 4 aromatic rings. The first-order valence-corrected chi connectivity index (χ1v) is 9.24. The third-order valence-corrected chi connectivity index (χ3v) is 6.91. The van der Waals surface area contributed by atoms with Crippen molar-refractivity contribution in [3.63, 3.8) is 0 Å². The second kappa shape index (κ2) is 4.63. The predicted molar refractivity (Wildman–Crippen MR) is 92.9 cm³/mol. The van der Waals surface area contributed by atoms with E-state index in [1.165, 1.54) is 29.8 Å². The van der Waals surface area contributed by atoms with Crippen LogP contribution in [0.5, 0.6) is 0 Å². The summed E-state index contributed by atoms with van der Waals surface area (Å²) in [5.41, 5.74) is 1.15. The molecule has 1 aliphatic heterocycles. The SMILES string of the molecule is c1ccc2cc3c(cc2c1)=Nc1ccc2ccccc2c1[As]=3. The first-order chi connectivity index (χ1) is 10.9. The van der Waals surface area contributed by atoms with E-state index >= 15 is 0 Å². The van der Waals surface area contributed by atoms with Gasteiger partial charge in [-0.05, 0) is 0 Å². The maximum atomic E-state index is 4.93. The maximum absolute atomic E-state index is 4.93. The van der Waals surface area contributed by atoms with Gasteiger partial charge in [0.05, 0.1) is 0 Å². The van der Waals surface area contributed by atoms with Crippen molar-refractivity contribution in [1.29, 1.82) is 0 Å². The van der Waals surface area contributed by atoms with Crippen molar-refractivity contribution >= 4 is 46.9 Å². The Hall–Kier alpha value is -2.24. The Balaban J connectivity index is 1.92. The summed E-state index contributed by atoms with van der Waals surface area (Å²) in [6.07, 6.45) is 0. The molecule has 22 heavy (non-hydrogen) atoms. The van der Waals surface area contributed by atoms with Crippen LogP contribution in [0.15, 0.2) is 77.8 Å². The normalized spacial score (nSPS) is 13.1. The van der Waals surface area contributed by atoms with Gasteiger partial charge in [0.25, 0.3) is 0 Å². The fourth-order valence-corrected chi connectivity index (χ4v) is 5.69. The van der Waals surface area contributed by atoms with Gasteiger partial charge >= 0.3 is 134 Å². The van der Waals surface area contributed by atoms with Crippen LogP contribution in [0.2, 0.25) is 0 Å². The zero-order valence-corrected chi connectivity index (χ0v) is 13.7. The molecule has 0 amide bonds. The third-order valence-electron chi connectivity index (χ3n) is 4.20. The first-order valence-electron chi connectivity index (χ1n) is 7.36. The number of hydrogen-bond acceptors (Lipinski definition) is 1. The standard InChI is InChI=1S/C20H12AsN/c1-2-7-15-12-19-17(11-14(15)6-1)21-20-16-8-4-3-5-13(16)9-10-18(20)22-19/h1-12H. The average Bonchev–Trinajstić information content (AvgIpc) is 2.58. The van der Waals surface area contributed by atoms with E-state index in [0.29, 0.717) is 0 Å². The summed E-state index contributed by atoms with van der Waals surface area (Å²) in [6.45, 7) is 0. The summed E-state index contributed by atoms with van der Waals surface area (Å²) >= 11 is -0.0250. The van der Waals surface area contributed by atoms with E-state index in [-0.39, 0.29) is 15.3 Å². The molecule has 0 unspecified atom stereocenters. The van der Waals surface area contributed by atoms with Crippen molar-refractivity contribution in [2.24, 2.45) is 4.99 Å². The fraction of sp³-hybridized carbons (Fsp3) is 0. The molecule has 1 aliphatic rings. The van der Waals surface area contributed by atoms with E-state index in [2.05, 4.69) is 72.8 Å². The van der Waals surface area contributed by atoms with Crippen molar-refractivity contribution in [2.45, 2.75) is 0 Å². The Kier molecular flexibility index (Phi) is 2.59. The molecular weight excluding hydrogens is 329 g/mol. The number of hydrogen-bond donors (Lipinski definition) is 0. The first kappa shape index (κ1) is 12.3. The second-order valence-corrected chi connectivity index (χ2v) is 7.98. The van der Waals surface area contributed by atoms with Gasteiger partial charge in [0.1, 0.15) is 0 Å². The molecule has 2 heteroatoms. The van der Waals surface area contributed by atoms with Crippen molar-refractivity contribution < 1.29 is 0 Å².